The average molecular weight is 325 g/mol. The normalized spacial score (nSPS) is 10.3. The molecule has 0 aliphatic carbocycles. The topological polar surface area (TPSA) is 53.4 Å². The number of carbonyl (C=O) groups is 1. The molecule has 1 aromatic heterocycles. The van der Waals surface area contributed by atoms with Crippen molar-refractivity contribution in [3.05, 3.63) is 40.1 Å². The molecule has 1 aromatic carbocycles. The molecule has 0 bridgehead atoms. The summed E-state index contributed by atoms with van der Waals surface area (Å²) in [5.74, 6) is 0.992. The fourth-order valence-electron chi connectivity index (χ4n) is 1.74. The molecule has 100 valence electrons. The molecule has 19 heavy (non-hydrogen) atoms. The fourth-order valence-corrected chi connectivity index (χ4v) is 2.27. The van der Waals surface area contributed by atoms with E-state index in [9.17, 15) is 4.79 Å². The molecule has 0 saturated carbocycles. The lowest BCUT2D eigenvalue weighted by molar-refractivity contribution is 0.102. The highest BCUT2D eigenvalue weighted by molar-refractivity contribution is 9.10. The van der Waals surface area contributed by atoms with Gasteiger partial charge in [-0.2, -0.15) is 5.10 Å². The Morgan fingerprint density at radius 3 is 2.21 bits per heavy atom. The van der Waals surface area contributed by atoms with Crippen molar-refractivity contribution in [2.75, 3.05) is 14.2 Å². The number of methoxy groups -OCH3 is 2. The van der Waals surface area contributed by atoms with Crippen LogP contribution in [0.2, 0.25) is 0 Å². The van der Waals surface area contributed by atoms with Gasteiger partial charge in [0.15, 0.2) is 0 Å². The Morgan fingerprint density at radius 2 is 1.79 bits per heavy atom. The Labute approximate surface area is 119 Å². The molecule has 0 aliphatic heterocycles. The monoisotopic (exact) mass is 324 g/mol. The van der Waals surface area contributed by atoms with Crippen molar-refractivity contribution in [3.8, 4) is 11.5 Å². The Kier molecular flexibility index (Phi) is 3.90. The van der Waals surface area contributed by atoms with E-state index in [0.29, 0.717) is 27.2 Å². The summed E-state index contributed by atoms with van der Waals surface area (Å²) in [7, 11) is 4.81. The third-order valence-electron chi connectivity index (χ3n) is 2.72. The van der Waals surface area contributed by atoms with Crippen molar-refractivity contribution in [1.82, 2.24) is 9.78 Å². The van der Waals surface area contributed by atoms with Crippen molar-refractivity contribution >= 4 is 21.7 Å². The second-order valence-corrected chi connectivity index (χ2v) is 4.75. The Bertz CT molecular complexity index is 581. The van der Waals surface area contributed by atoms with Gasteiger partial charge in [0.2, 0.25) is 5.78 Å². The Morgan fingerprint density at radius 1 is 1.21 bits per heavy atom. The predicted molar refractivity (Wildman–Crippen MR) is 73.9 cm³/mol. The van der Waals surface area contributed by atoms with Gasteiger partial charge in [0, 0.05) is 18.7 Å². The number of hydrogen-bond donors (Lipinski definition) is 0. The number of rotatable bonds is 4. The molecule has 2 aromatic rings. The number of aryl methyl sites for hydroxylation is 1. The lowest BCUT2D eigenvalue weighted by atomic mass is 10.1. The molecule has 0 amide bonds. The second-order valence-electron chi connectivity index (χ2n) is 3.90. The number of carbonyl (C=O) groups excluding carboxylic acids is 1. The van der Waals surface area contributed by atoms with Gasteiger partial charge >= 0.3 is 0 Å². The number of halogens is 1. The van der Waals surface area contributed by atoms with Gasteiger partial charge in [0.1, 0.15) is 17.2 Å². The lowest BCUT2D eigenvalue weighted by Gasteiger charge is -2.08. The molecule has 5 nitrogen and oxygen atoms in total. The Balaban J connectivity index is 2.49. The van der Waals surface area contributed by atoms with Crippen LogP contribution in [0.1, 0.15) is 16.1 Å². The minimum Gasteiger partial charge on any atom is -0.497 e. The van der Waals surface area contributed by atoms with Crippen LogP contribution in [0.5, 0.6) is 11.5 Å². The average Bonchev–Trinajstić information content (AvgIpc) is 2.76. The summed E-state index contributed by atoms with van der Waals surface area (Å²) in [6.07, 6.45) is 1.59. The zero-order chi connectivity index (χ0) is 14.0. The van der Waals surface area contributed by atoms with Gasteiger partial charge in [-0.05, 0) is 28.1 Å². The van der Waals surface area contributed by atoms with E-state index in [1.54, 1.807) is 45.7 Å². The minimum absolute atomic E-state index is 0.149. The maximum absolute atomic E-state index is 12.5. The first-order valence-corrected chi connectivity index (χ1v) is 6.31. The summed E-state index contributed by atoms with van der Waals surface area (Å²) in [5.41, 5.74) is 0.968. The summed E-state index contributed by atoms with van der Waals surface area (Å²) in [6.45, 7) is 0. The van der Waals surface area contributed by atoms with Crippen LogP contribution in [-0.2, 0) is 7.05 Å². The van der Waals surface area contributed by atoms with E-state index in [2.05, 4.69) is 21.0 Å². The molecule has 0 N–H and O–H groups in total. The van der Waals surface area contributed by atoms with Gasteiger partial charge in [0.25, 0.3) is 0 Å². The lowest BCUT2D eigenvalue weighted by Crippen LogP contribution is -2.09. The number of ketones is 1. The van der Waals surface area contributed by atoms with Gasteiger partial charge in [-0.1, -0.05) is 0 Å². The summed E-state index contributed by atoms with van der Waals surface area (Å²) in [5, 5.41) is 4.03. The van der Waals surface area contributed by atoms with Crippen molar-refractivity contribution < 1.29 is 14.3 Å². The molecule has 0 fully saturated rings. The van der Waals surface area contributed by atoms with E-state index in [1.165, 1.54) is 4.68 Å². The van der Waals surface area contributed by atoms with E-state index in [-0.39, 0.29) is 5.78 Å². The van der Waals surface area contributed by atoms with Crippen LogP contribution >= 0.6 is 15.9 Å². The third kappa shape index (κ3) is 2.63. The molecule has 2 rings (SSSR count). The SMILES string of the molecule is COc1cc(OC)cc(C(=O)c2c(Br)cnn2C)c1. The smallest absolute Gasteiger partial charge is 0.212 e. The largest absolute Gasteiger partial charge is 0.497 e. The molecular formula is C13H13BrN2O3. The maximum Gasteiger partial charge on any atom is 0.212 e. The molecule has 0 saturated heterocycles. The highest BCUT2D eigenvalue weighted by Crippen LogP contribution is 2.26. The molecule has 0 atom stereocenters. The van der Waals surface area contributed by atoms with Crippen LogP contribution in [0.15, 0.2) is 28.9 Å². The zero-order valence-electron chi connectivity index (χ0n) is 10.8. The number of ether oxygens (including phenoxy) is 2. The van der Waals surface area contributed by atoms with Gasteiger partial charge in [-0.3, -0.25) is 9.48 Å². The van der Waals surface area contributed by atoms with Gasteiger partial charge in [0.05, 0.1) is 24.9 Å². The summed E-state index contributed by atoms with van der Waals surface area (Å²) < 4.78 is 12.5. The van der Waals surface area contributed by atoms with Crippen molar-refractivity contribution in [1.29, 1.82) is 0 Å². The molecular weight excluding hydrogens is 312 g/mol. The number of benzene rings is 1. The van der Waals surface area contributed by atoms with E-state index >= 15 is 0 Å². The quantitative estimate of drug-likeness (QED) is 0.810. The zero-order valence-corrected chi connectivity index (χ0v) is 12.4. The van der Waals surface area contributed by atoms with Gasteiger partial charge < -0.3 is 9.47 Å². The van der Waals surface area contributed by atoms with Gasteiger partial charge in [-0.25, -0.2) is 0 Å². The maximum atomic E-state index is 12.5. The Hall–Kier alpha value is -1.82. The van der Waals surface area contributed by atoms with E-state index in [1.807, 2.05) is 0 Å². The number of hydrogen-bond acceptors (Lipinski definition) is 4. The summed E-state index contributed by atoms with van der Waals surface area (Å²) in [6, 6.07) is 5.06. The van der Waals surface area contributed by atoms with Crippen LogP contribution in [0.4, 0.5) is 0 Å². The van der Waals surface area contributed by atoms with Crippen LogP contribution in [0.3, 0.4) is 0 Å². The first kappa shape index (κ1) is 13.6. The second kappa shape index (κ2) is 5.44. The van der Waals surface area contributed by atoms with Crippen LogP contribution < -0.4 is 9.47 Å². The van der Waals surface area contributed by atoms with Crippen molar-refractivity contribution in [2.45, 2.75) is 0 Å². The summed E-state index contributed by atoms with van der Waals surface area (Å²) in [4.78, 5) is 12.5. The first-order chi connectivity index (χ1) is 9.06. The molecule has 0 spiro atoms. The predicted octanol–water partition coefficient (Wildman–Crippen LogP) is 2.43. The fraction of sp³-hybridized carbons (Fsp3) is 0.231. The van der Waals surface area contributed by atoms with E-state index in [4.69, 9.17) is 9.47 Å². The van der Waals surface area contributed by atoms with E-state index < -0.39 is 0 Å². The number of aromatic nitrogens is 2. The molecule has 0 aliphatic rings. The minimum atomic E-state index is -0.149. The molecule has 1 heterocycles. The van der Waals surface area contributed by atoms with Crippen LogP contribution in [-0.4, -0.2) is 29.8 Å². The molecule has 6 heteroatoms. The van der Waals surface area contributed by atoms with Gasteiger partial charge in [-0.15, -0.1) is 0 Å². The third-order valence-corrected chi connectivity index (χ3v) is 3.30. The number of nitrogens with zero attached hydrogens (tertiary/aromatic N) is 2. The first-order valence-electron chi connectivity index (χ1n) is 5.52. The van der Waals surface area contributed by atoms with Crippen LogP contribution in [0, 0.1) is 0 Å². The molecule has 0 radical (unpaired) electrons. The van der Waals surface area contributed by atoms with Crippen molar-refractivity contribution in [2.24, 2.45) is 7.05 Å². The molecule has 0 unspecified atom stereocenters. The highest BCUT2D eigenvalue weighted by atomic mass is 79.9. The van der Waals surface area contributed by atoms with Crippen molar-refractivity contribution in [3.63, 3.8) is 0 Å². The standard InChI is InChI=1S/C13H13BrN2O3/c1-16-12(11(14)7-15-16)13(17)8-4-9(18-2)6-10(5-8)19-3/h4-7H,1-3H3. The summed E-state index contributed by atoms with van der Waals surface area (Å²) >= 11 is 3.32. The van der Waals surface area contributed by atoms with E-state index in [0.717, 1.165) is 0 Å². The van der Waals surface area contributed by atoms with Crippen LogP contribution in [0.25, 0.3) is 0 Å². The highest BCUT2D eigenvalue weighted by Gasteiger charge is 2.18.